The van der Waals surface area contributed by atoms with Crippen LogP contribution in [0.3, 0.4) is 0 Å². The number of carbonyl (C=O) groups excluding carboxylic acids is 4. The van der Waals surface area contributed by atoms with E-state index in [2.05, 4.69) is 25.9 Å². The third-order valence-corrected chi connectivity index (χ3v) is 6.15. The topological polar surface area (TPSA) is 294 Å². The van der Waals surface area contributed by atoms with Gasteiger partial charge in [-0.2, -0.15) is 0 Å². The van der Waals surface area contributed by atoms with Crippen LogP contribution in [0.25, 0.3) is 10.9 Å². The van der Waals surface area contributed by atoms with Crippen LogP contribution >= 0.6 is 0 Å². The Morgan fingerprint density at radius 2 is 1.56 bits per heavy atom. The number of H-pyrrole nitrogens is 1. The minimum atomic E-state index is -1.56. The molecule has 16 heteroatoms. The van der Waals surface area contributed by atoms with Crippen molar-refractivity contribution in [3.63, 3.8) is 0 Å². The fourth-order valence-corrected chi connectivity index (χ4v) is 3.93. The highest BCUT2D eigenvalue weighted by atomic mass is 16.4. The molecule has 2 aromatic rings. The normalized spacial score (nSPS) is 14.6. The Bertz CT molecular complexity index is 1270. The zero-order valence-electron chi connectivity index (χ0n) is 22.5. The number of aliphatic hydroxyl groups excluding tert-OH is 1. The number of aliphatic imine (C=N–C) groups is 1. The summed E-state index contributed by atoms with van der Waals surface area (Å²) in [6, 6.07) is 1.60. The standard InChI is InChI=1S/C25H37N9O7/c1-12(35)20(27)23(39)32-16(7-4-8-30-25(28)29)21(37)33-17(10-19(26)36)22(38)34-18(24(40)41)9-13-11-31-15-6-3-2-5-14(13)15/h2-3,5-6,11-12,16-18,20,31,35H,4,7-10,27H2,1H3,(H2,26,36)(H,32,39)(H,33,37)(H,34,38)(H,40,41)(H4,28,29,30). The minimum Gasteiger partial charge on any atom is -0.480 e. The van der Waals surface area contributed by atoms with Crippen molar-refractivity contribution < 1.29 is 34.2 Å². The molecule has 1 aromatic heterocycles. The van der Waals surface area contributed by atoms with Crippen molar-refractivity contribution >= 4 is 46.5 Å². The molecule has 0 aliphatic heterocycles. The van der Waals surface area contributed by atoms with E-state index in [1.165, 1.54) is 6.92 Å². The fraction of sp³-hybridized carbons (Fsp3) is 0.440. The highest BCUT2D eigenvalue weighted by Gasteiger charge is 2.32. The number of fused-ring (bicyclic) bond motifs is 1. The first-order valence-electron chi connectivity index (χ1n) is 12.8. The second-order valence-electron chi connectivity index (χ2n) is 9.47. The van der Waals surface area contributed by atoms with Gasteiger partial charge in [-0.05, 0) is 31.4 Å². The predicted molar refractivity (Wildman–Crippen MR) is 149 cm³/mol. The summed E-state index contributed by atoms with van der Waals surface area (Å²) in [6.07, 6.45) is -0.132. The van der Waals surface area contributed by atoms with Crippen LogP contribution in [0.5, 0.6) is 0 Å². The van der Waals surface area contributed by atoms with Gasteiger partial charge in [-0.1, -0.05) is 18.2 Å². The Morgan fingerprint density at radius 1 is 0.951 bits per heavy atom. The lowest BCUT2D eigenvalue weighted by Crippen LogP contribution is -2.58. The van der Waals surface area contributed by atoms with Crippen molar-refractivity contribution in [2.24, 2.45) is 27.9 Å². The lowest BCUT2D eigenvalue weighted by molar-refractivity contribution is -0.142. The summed E-state index contributed by atoms with van der Waals surface area (Å²) in [5.74, 6) is -5.17. The molecule has 5 atom stereocenters. The van der Waals surface area contributed by atoms with E-state index in [0.29, 0.717) is 5.56 Å². The van der Waals surface area contributed by atoms with E-state index >= 15 is 0 Å². The summed E-state index contributed by atoms with van der Waals surface area (Å²) >= 11 is 0. The van der Waals surface area contributed by atoms with Crippen molar-refractivity contribution in [1.82, 2.24) is 20.9 Å². The van der Waals surface area contributed by atoms with Crippen LogP contribution in [0.2, 0.25) is 0 Å². The van der Waals surface area contributed by atoms with Crippen LogP contribution in [0.15, 0.2) is 35.5 Å². The molecule has 224 valence electrons. The van der Waals surface area contributed by atoms with Gasteiger partial charge in [0.25, 0.3) is 0 Å². The molecule has 0 aliphatic carbocycles. The largest absolute Gasteiger partial charge is 0.480 e. The van der Waals surface area contributed by atoms with Crippen molar-refractivity contribution in [2.45, 2.75) is 62.9 Å². The monoisotopic (exact) mass is 575 g/mol. The first-order chi connectivity index (χ1) is 19.3. The maximum Gasteiger partial charge on any atom is 0.326 e. The van der Waals surface area contributed by atoms with Crippen LogP contribution in [-0.4, -0.2) is 87.6 Å². The molecule has 2 rings (SSSR count). The highest BCUT2D eigenvalue weighted by Crippen LogP contribution is 2.19. The first kappa shape index (κ1) is 32.5. The molecule has 1 aromatic carbocycles. The van der Waals surface area contributed by atoms with E-state index in [1.54, 1.807) is 18.3 Å². The van der Waals surface area contributed by atoms with E-state index < -0.39 is 66.3 Å². The average molecular weight is 576 g/mol. The summed E-state index contributed by atoms with van der Waals surface area (Å²) in [4.78, 5) is 69.2. The number of aromatic amines is 1. The fourth-order valence-electron chi connectivity index (χ4n) is 3.93. The number of hydrogen-bond acceptors (Lipinski definition) is 8. The number of carbonyl (C=O) groups is 5. The van der Waals surface area contributed by atoms with Crippen LogP contribution in [0.1, 0.15) is 31.7 Å². The lowest BCUT2D eigenvalue weighted by atomic mass is 10.0. The first-order valence-corrected chi connectivity index (χ1v) is 12.8. The summed E-state index contributed by atoms with van der Waals surface area (Å²) in [5, 5.41) is 27.3. The number of guanidine groups is 1. The molecule has 0 spiro atoms. The molecule has 1 heterocycles. The maximum absolute atomic E-state index is 13.2. The van der Waals surface area contributed by atoms with Gasteiger partial charge in [0.1, 0.15) is 24.2 Å². The number of aromatic nitrogens is 1. The average Bonchev–Trinajstić information content (AvgIpc) is 3.31. The van der Waals surface area contributed by atoms with E-state index in [-0.39, 0.29) is 31.8 Å². The van der Waals surface area contributed by atoms with Gasteiger partial charge < -0.3 is 54.1 Å². The van der Waals surface area contributed by atoms with Gasteiger partial charge in [0.15, 0.2) is 5.96 Å². The number of carboxylic acids is 1. The summed E-state index contributed by atoms with van der Waals surface area (Å²) in [7, 11) is 0. The van der Waals surface area contributed by atoms with Crippen LogP contribution < -0.4 is 38.9 Å². The number of aliphatic hydroxyl groups is 1. The molecule has 14 N–H and O–H groups in total. The molecule has 0 aliphatic rings. The number of primary amides is 1. The van der Waals surface area contributed by atoms with Gasteiger partial charge in [-0.15, -0.1) is 0 Å². The quantitative estimate of drug-likeness (QED) is 0.0545. The number of amides is 4. The summed E-state index contributed by atoms with van der Waals surface area (Å²) in [6.45, 7) is 1.41. The molecule has 0 saturated carbocycles. The number of aliphatic carboxylic acids is 1. The van der Waals surface area contributed by atoms with Gasteiger partial charge in [-0.3, -0.25) is 24.2 Å². The number of rotatable bonds is 16. The molecule has 41 heavy (non-hydrogen) atoms. The molecular formula is C25H37N9O7. The molecule has 4 amide bonds. The minimum absolute atomic E-state index is 0.00981. The molecule has 16 nitrogen and oxygen atoms in total. The molecular weight excluding hydrogens is 538 g/mol. The van der Waals surface area contributed by atoms with Gasteiger partial charge in [-0.25, -0.2) is 4.79 Å². The molecule has 0 bridgehead atoms. The van der Waals surface area contributed by atoms with Gasteiger partial charge in [0, 0.05) is 30.1 Å². The molecule has 0 fully saturated rings. The number of para-hydroxylation sites is 1. The van der Waals surface area contributed by atoms with Crippen molar-refractivity contribution in [2.75, 3.05) is 6.54 Å². The van der Waals surface area contributed by atoms with Crippen molar-refractivity contribution in [1.29, 1.82) is 0 Å². The Morgan fingerprint density at radius 3 is 2.17 bits per heavy atom. The Balaban J connectivity index is 2.20. The van der Waals surface area contributed by atoms with E-state index in [0.717, 1.165) is 10.9 Å². The number of nitrogens with two attached hydrogens (primary N) is 4. The number of hydrogen-bond donors (Lipinski definition) is 10. The lowest BCUT2D eigenvalue weighted by Gasteiger charge is -2.25. The third kappa shape index (κ3) is 10.1. The third-order valence-electron chi connectivity index (χ3n) is 6.15. The SMILES string of the molecule is CC(O)C(N)C(=O)NC(CCCN=C(N)N)C(=O)NC(CC(N)=O)C(=O)NC(Cc1c[nH]c2ccccc12)C(=O)O. The van der Waals surface area contributed by atoms with E-state index in [4.69, 9.17) is 22.9 Å². The smallest absolute Gasteiger partial charge is 0.326 e. The number of nitrogens with zero attached hydrogens (tertiary/aromatic N) is 1. The number of benzene rings is 1. The van der Waals surface area contributed by atoms with E-state index in [1.807, 2.05) is 12.1 Å². The zero-order valence-corrected chi connectivity index (χ0v) is 22.5. The second-order valence-corrected chi connectivity index (χ2v) is 9.47. The van der Waals surface area contributed by atoms with Crippen LogP contribution in [0.4, 0.5) is 0 Å². The van der Waals surface area contributed by atoms with Crippen LogP contribution in [0, 0.1) is 0 Å². The summed E-state index contributed by atoms with van der Waals surface area (Å²) < 4.78 is 0. The van der Waals surface area contributed by atoms with Crippen LogP contribution in [-0.2, 0) is 30.4 Å². The van der Waals surface area contributed by atoms with Crippen molar-refractivity contribution in [3.05, 3.63) is 36.0 Å². The maximum atomic E-state index is 13.2. The Kier molecular flexibility index (Phi) is 12.0. The number of carboxylic acid groups (broad SMARTS) is 1. The number of nitrogens with one attached hydrogen (secondary N) is 4. The van der Waals surface area contributed by atoms with E-state index in [9.17, 15) is 34.2 Å². The zero-order chi connectivity index (χ0) is 30.7. The highest BCUT2D eigenvalue weighted by molar-refractivity contribution is 5.96. The molecule has 0 radical (unpaired) electrons. The second kappa shape index (κ2) is 15.2. The van der Waals surface area contributed by atoms with Gasteiger partial charge in [0.05, 0.1) is 12.5 Å². The van der Waals surface area contributed by atoms with Gasteiger partial charge >= 0.3 is 5.97 Å². The Labute approximate surface area is 235 Å². The molecule has 5 unspecified atom stereocenters. The Hall–Kier alpha value is -4.70. The predicted octanol–water partition coefficient (Wildman–Crippen LogP) is -3.11. The van der Waals surface area contributed by atoms with Gasteiger partial charge in [0.2, 0.25) is 23.6 Å². The molecule has 0 saturated heterocycles. The summed E-state index contributed by atoms with van der Waals surface area (Å²) in [5.41, 5.74) is 23.0. The van der Waals surface area contributed by atoms with Crippen molar-refractivity contribution in [3.8, 4) is 0 Å².